The standard InChI is InChI=1S/C19H28S/c1-2-3-4-5-6-7-16-8-10-17(11-9-16)18-12-14-19(20)15-13-18/h10,12-16,20H,2-9,11H2,1H3. The number of benzene rings is 1. The summed E-state index contributed by atoms with van der Waals surface area (Å²) >= 11 is 4.35. The van der Waals surface area contributed by atoms with Crippen LogP contribution in [0.3, 0.4) is 0 Å². The van der Waals surface area contributed by atoms with Crippen molar-refractivity contribution in [2.24, 2.45) is 5.92 Å². The molecule has 0 N–H and O–H groups in total. The van der Waals surface area contributed by atoms with E-state index in [1.165, 1.54) is 63.4 Å². The predicted octanol–water partition coefficient (Wildman–Crippen LogP) is 6.52. The molecule has 1 atom stereocenters. The topological polar surface area (TPSA) is 0 Å². The van der Waals surface area contributed by atoms with E-state index < -0.39 is 0 Å². The van der Waals surface area contributed by atoms with Crippen molar-refractivity contribution in [2.45, 2.75) is 69.6 Å². The number of unbranched alkanes of at least 4 members (excludes halogenated alkanes) is 4. The van der Waals surface area contributed by atoms with Gasteiger partial charge in [0, 0.05) is 4.90 Å². The molecule has 1 aromatic carbocycles. The van der Waals surface area contributed by atoms with Crippen molar-refractivity contribution >= 4 is 18.2 Å². The van der Waals surface area contributed by atoms with Crippen molar-refractivity contribution < 1.29 is 0 Å². The Labute approximate surface area is 130 Å². The first-order valence-corrected chi connectivity index (χ1v) is 8.72. The summed E-state index contributed by atoms with van der Waals surface area (Å²) in [5.74, 6) is 0.935. The minimum absolute atomic E-state index is 0.935. The highest BCUT2D eigenvalue weighted by molar-refractivity contribution is 7.80. The van der Waals surface area contributed by atoms with Crippen LogP contribution in [0.1, 0.15) is 70.3 Å². The first-order chi connectivity index (χ1) is 9.79. The van der Waals surface area contributed by atoms with Crippen LogP contribution in [0, 0.1) is 5.92 Å². The molecular weight excluding hydrogens is 260 g/mol. The van der Waals surface area contributed by atoms with E-state index in [0.29, 0.717) is 0 Å². The summed E-state index contributed by atoms with van der Waals surface area (Å²) in [6, 6.07) is 8.61. The van der Waals surface area contributed by atoms with Gasteiger partial charge in [0.25, 0.3) is 0 Å². The fraction of sp³-hybridized carbons (Fsp3) is 0.579. The Kier molecular flexibility index (Phi) is 6.72. The largest absolute Gasteiger partial charge is 0.143 e. The maximum Gasteiger partial charge on any atom is 0.00403 e. The van der Waals surface area contributed by atoms with Gasteiger partial charge in [0.15, 0.2) is 0 Å². The maximum absolute atomic E-state index is 4.35. The molecule has 0 fully saturated rings. The normalized spacial score (nSPS) is 18.9. The van der Waals surface area contributed by atoms with Gasteiger partial charge in [0.2, 0.25) is 0 Å². The predicted molar refractivity (Wildman–Crippen MR) is 92.4 cm³/mol. The molecule has 0 aliphatic heterocycles. The van der Waals surface area contributed by atoms with E-state index in [9.17, 15) is 0 Å². The zero-order chi connectivity index (χ0) is 14.2. The average molecular weight is 289 g/mol. The molecule has 1 heteroatoms. The van der Waals surface area contributed by atoms with Crippen LogP contribution in [-0.2, 0) is 0 Å². The van der Waals surface area contributed by atoms with E-state index in [4.69, 9.17) is 0 Å². The molecule has 2 rings (SSSR count). The molecule has 0 saturated heterocycles. The first-order valence-electron chi connectivity index (χ1n) is 8.28. The Balaban J connectivity index is 1.74. The van der Waals surface area contributed by atoms with E-state index in [-0.39, 0.29) is 0 Å². The lowest BCUT2D eigenvalue weighted by atomic mass is 9.84. The van der Waals surface area contributed by atoms with Gasteiger partial charge >= 0.3 is 0 Å². The van der Waals surface area contributed by atoms with Gasteiger partial charge in [0.1, 0.15) is 0 Å². The summed E-state index contributed by atoms with van der Waals surface area (Å²) in [5, 5.41) is 0. The second-order valence-corrected chi connectivity index (χ2v) is 6.64. The highest BCUT2D eigenvalue weighted by Gasteiger charge is 2.14. The first kappa shape index (κ1) is 15.7. The van der Waals surface area contributed by atoms with Crippen molar-refractivity contribution in [3.63, 3.8) is 0 Å². The Morgan fingerprint density at radius 3 is 2.45 bits per heavy atom. The van der Waals surface area contributed by atoms with Gasteiger partial charge in [-0.1, -0.05) is 63.7 Å². The Morgan fingerprint density at radius 2 is 1.80 bits per heavy atom. The molecule has 0 aromatic heterocycles. The van der Waals surface area contributed by atoms with Gasteiger partial charge in [0.05, 0.1) is 0 Å². The summed E-state index contributed by atoms with van der Waals surface area (Å²) in [7, 11) is 0. The van der Waals surface area contributed by atoms with Gasteiger partial charge in [-0.15, -0.1) is 12.6 Å². The lowest BCUT2D eigenvalue weighted by molar-refractivity contribution is 0.423. The summed E-state index contributed by atoms with van der Waals surface area (Å²) in [6.07, 6.45) is 14.9. The molecule has 0 amide bonds. The van der Waals surface area contributed by atoms with Gasteiger partial charge in [-0.2, -0.15) is 0 Å². The van der Waals surface area contributed by atoms with E-state index in [2.05, 4.69) is 49.9 Å². The van der Waals surface area contributed by atoms with Crippen molar-refractivity contribution in [3.05, 3.63) is 35.9 Å². The average Bonchev–Trinajstić information content (AvgIpc) is 2.49. The molecule has 1 unspecified atom stereocenters. The third kappa shape index (κ3) is 5.01. The molecule has 1 aliphatic carbocycles. The molecule has 0 spiro atoms. The van der Waals surface area contributed by atoms with Crippen LogP contribution < -0.4 is 0 Å². The SMILES string of the molecule is CCCCCCCC1CC=C(c2ccc(S)cc2)CC1. The maximum atomic E-state index is 4.35. The summed E-state index contributed by atoms with van der Waals surface area (Å²) < 4.78 is 0. The van der Waals surface area contributed by atoms with Crippen LogP contribution >= 0.6 is 12.6 Å². The molecule has 20 heavy (non-hydrogen) atoms. The fourth-order valence-corrected chi connectivity index (χ4v) is 3.27. The van der Waals surface area contributed by atoms with E-state index >= 15 is 0 Å². The molecule has 0 nitrogen and oxygen atoms in total. The Bertz CT molecular complexity index is 416. The summed E-state index contributed by atoms with van der Waals surface area (Å²) in [5.41, 5.74) is 2.93. The lowest BCUT2D eigenvalue weighted by Gasteiger charge is -2.22. The van der Waals surface area contributed by atoms with E-state index in [0.717, 1.165) is 10.8 Å². The quantitative estimate of drug-likeness (QED) is 0.428. The van der Waals surface area contributed by atoms with Crippen molar-refractivity contribution in [3.8, 4) is 0 Å². The zero-order valence-corrected chi connectivity index (χ0v) is 13.7. The highest BCUT2D eigenvalue weighted by Crippen LogP contribution is 2.33. The van der Waals surface area contributed by atoms with Crippen molar-refractivity contribution in [1.82, 2.24) is 0 Å². The second-order valence-electron chi connectivity index (χ2n) is 6.12. The molecule has 0 radical (unpaired) electrons. The molecule has 0 heterocycles. The Morgan fingerprint density at radius 1 is 1.05 bits per heavy atom. The molecule has 110 valence electrons. The van der Waals surface area contributed by atoms with Crippen LogP contribution in [0.4, 0.5) is 0 Å². The van der Waals surface area contributed by atoms with Gasteiger partial charge < -0.3 is 0 Å². The van der Waals surface area contributed by atoms with E-state index in [1.807, 2.05) is 0 Å². The van der Waals surface area contributed by atoms with Crippen molar-refractivity contribution in [1.29, 1.82) is 0 Å². The smallest absolute Gasteiger partial charge is 0.00403 e. The third-order valence-electron chi connectivity index (χ3n) is 4.47. The zero-order valence-electron chi connectivity index (χ0n) is 12.8. The van der Waals surface area contributed by atoms with Gasteiger partial charge in [-0.05, 0) is 48.4 Å². The van der Waals surface area contributed by atoms with Gasteiger partial charge in [-0.25, -0.2) is 0 Å². The summed E-state index contributed by atoms with van der Waals surface area (Å²) in [6.45, 7) is 2.29. The molecular formula is C19H28S. The van der Waals surface area contributed by atoms with Crippen LogP contribution in [0.5, 0.6) is 0 Å². The van der Waals surface area contributed by atoms with Crippen LogP contribution in [-0.4, -0.2) is 0 Å². The minimum Gasteiger partial charge on any atom is -0.143 e. The van der Waals surface area contributed by atoms with Crippen LogP contribution in [0.15, 0.2) is 35.2 Å². The number of hydrogen-bond acceptors (Lipinski definition) is 1. The van der Waals surface area contributed by atoms with Crippen molar-refractivity contribution in [2.75, 3.05) is 0 Å². The van der Waals surface area contributed by atoms with Crippen LogP contribution in [0.25, 0.3) is 5.57 Å². The Hall–Kier alpha value is -0.690. The monoisotopic (exact) mass is 288 g/mol. The number of thiol groups is 1. The van der Waals surface area contributed by atoms with Crippen LogP contribution in [0.2, 0.25) is 0 Å². The highest BCUT2D eigenvalue weighted by atomic mass is 32.1. The number of hydrogen-bond donors (Lipinski definition) is 1. The third-order valence-corrected chi connectivity index (χ3v) is 4.77. The molecule has 1 aromatic rings. The second kappa shape index (κ2) is 8.56. The molecule has 0 bridgehead atoms. The minimum atomic E-state index is 0.935. The number of rotatable bonds is 7. The fourth-order valence-electron chi connectivity index (χ4n) is 3.12. The molecule has 1 aliphatic rings. The number of allylic oxidation sites excluding steroid dienone is 2. The van der Waals surface area contributed by atoms with E-state index in [1.54, 1.807) is 5.57 Å². The molecule has 0 saturated carbocycles. The summed E-state index contributed by atoms with van der Waals surface area (Å²) in [4.78, 5) is 1.05. The lowest BCUT2D eigenvalue weighted by Crippen LogP contribution is -2.05. The van der Waals surface area contributed by atoms with Gasteiger partial charge in [-0.3, -0.25) is 0 Å².